The minimum Gasteiger partial charge on any atom is -0.507 e. The second-order valence-electron chi connectivity index (χ2n) is 7.04. The molecular formula is C22H20BrN3O2. The van der Waals surface area contributed by atoms with E-state index in [2.05, 4.69) is 32.7 Å². The predicted molar refractivity (Wildman–Crippen MR) is 112 cm³/mol. The summed E-state index contributed by atoms with van der Waals surface area (Å²) in [6.07, 6.45) is 1.72. The number of halogens is 1. The Morgan fingerprint density at radius 1 is 1.32 bits per heavy atom. The molecule has 2 heterocycles. The fourth-order valence-corrected chi connectivity index (χ4v) is 4.31. The average molecular weight is 438 g/mol. The number of aromatic nitrogens is 2. The maximum atomic E-state index is 13.1. The molecule has 0 saturated carbocycles. The van der Waals surface area contributed by atoms with E-state index in [1.807, 2.05) is 50.2 Å². The van der Waals surface area contributed by atoms with Gasteiger partial charge < -0.3 is 10.0 Å². The Morgan fingerprint density at radius 3 is 2.82 bits per heavy atom. The third-order valence-electron chi connectivity index (χ3n) is 5.05. The number of aromatic amines is 1. The Kier molecular flexibility index (Phi) is 4.59. The number of aryl methyl sites for hydroxylation is 2. The standard InChI is InChI=1S/C22H20BrN3O2/c1-4-8-26-20(14-6-5-7-15(23)11-14)17-18(24-25-19(17)22(26)28)16-10-12(2)9-13(3)21(16)27/h4-7,9-11,20,27H,1,8H2,2-3H3,(H,24,25). The fraction of sp³-hybridized carbons (Fsp3) is 0.182. The summed E-state index contributed by atoms with van der Waals surface area (Å²) in [5, 5.41) is 18.0. The number of rotatable bonds is 4. The highest BCUT2D eigenvalue weighted by molar-refractivity contribution is 9.10. The van der Waals surface area contributed by atoms with Crippen LogP contribution < -0.4 is 0 Å². The minimum atomic E-state index is -0.313. The van der Waals surface area contributed by atoms with Crippen molar-refractivity contribution in [2.24, 2.45) is 0 Å². The van der Waals surface area contributed by atoms with Crippen LogP contribution in [0.2, 0.25) is 0 Å². The zero-order chi connectivity index (χ0) is 20.0. The number of carbonyl (C=O) groups is 1. The number of phenols is 1. The van der Waals surface area contributed by atoms with Crippen molar-refractivity contribution < 1.29 is 9.90 Å². The van der Waals surface area contributed by atoms with E-state index in [9.17, 15) is 9.90 Å². The topological polar surface area (TPSA) is 69.2 Å². The molecule has 28 heavy (non-hydrogen) atoms. The number of phenolic OH excluding ortho intramolecular Hbond substituents is 1. The van der Waals surface area contributed by atoms with E-state index in [-0.39, 0.29) is 17.7 Å². The molecule has 1 aliphatic rings. The highest BCUT2D eigenvalue weighted by Crippen LogP contribution is 2.45. The number of H-pyrrole nitrogens is 1. The van der Waals surface area contributed by atoms with Gasteiger partial charge in [-0.05, 0) is 48.7 Å². The summed E-state index contributed by atoms with van der Waals surface area (Å²) >= 11 is 3.52. The smallest absolute Gasteiger partial charge is 0.273 e. The summed E-state index contributed by atoms with van der Waals surface area (Å²) in [7, 11) is 0. The van der Waals surface area contributed by atoms with Crippen LogP contribution in [-0.4, -0.2) is 32.7 Å². The first kappa shape index (κ1) is 18.5. The quantitative estimate of drug-likeness (QED) is 0.570. The Hall–Kier alpha value is -2.86. The summed E-state index contributed by atoms with van der Waals surface area (Å²) in [5.41, 5.74) is 5.24. The van der Waals surface area contributed by atoms with Gasteiger partial charge in [0.25, 0.3) is 5.91 Å². The minimum absolute atomic E-state index is 0.123. The van der Waals surface area contributed by atoms with Crippen molar-refractivity contribution in [3.8, 4) is 17.0 Å². The van der Waals surface area contributed by atoms with Gasteiger partial charge in [0.15, 0.2) is 0 Å². The SMILES string of the molecule is C=CCN1C(=O)c2[nH]nc(-c3cc(C)cc(C)c3O)c2C1c1cccc(Br)c1. The van der Waals surface area contributed by atoms with Gasteiger partial charge in [-0.15, -0.1) is 6.58 Å². The second-order valence-corrected chi connectivity index (χ2v) is 7.96. The van der Waals surface area contributed by atoms with E-state index in [4.69, 9.17) is 0 Å². The molecule has 1 aliphatic heterocycles. The number of benzene rings is 2. The molecule has 4 rings (SSSR count). The van der Waals surface area contributed by atoms with Gasteiger partial charge >= 0.3 is 0 Å². The summed E-state index contributed by atoms with van der Waals surface area (Å²) < 4.78 is 0.934. The number of amides is 1. The highest BCUT2D eigenvalue weighted by Gasteiger charge is 2.42. The van der Waals surface area contributed by atoms with E-state index in [1.165, 1.54) is 0 Å². The van der Waals surface area contributed by atoms with Crippen LogP contribution in [0, 0.1) is 13.8 Å². The Bertz CT molecular complexity index is 1100. The van der Waals surface area contributed by atoms with Gasteiger partial charge in [0.1, 0.15) is 17.1 Å². The number of hydrogen-bond donors (Lipinski definition) is 2. The van der Waals surface area contributed by atoms with Crippen molar-refractivity contribution in [1.82, 2.24) is 15.1 Å². The molecule has 142 valence electrons. The summed E-state index contributed by atoms with van der Waals surface area (Å²) in [6.45, 7) is 8.05. The van der Waals surface area contributed by atoms with E-state index in [1.54, 1.807) is 11.0 Å². The van der Waals surface area contributed by atoms with Crippen LogP contribution in [-0.2, 0) is 0 Å². The van der Waals surface area contributed by atoms with Gasteiger partial charge in [-0.25, -0.2) is 0 Å². The number of nitrogens with zero attached hydrogens (tertiary/aromatic N) is 2. The molecular weight excluding hydrogens is 418 g/mol. The van der Waals surface area contributed by atoms with E-state index >= 15 is 0 Å². The first-order valence-corrected chi connectivity index (χ1v) is 9.77. The third kappa shape index (κ3) is 2.85. The number of nitrogens with one attached hydrogen (secondary N) is 1. The molecule has 1 aromatic heterocycles. The molecule has 0 spiro atoms. The molecule has 3 aromatic rings. The van der Waals surface area contributed by atoms with Crippen LogP contribution in [0.15, 0.2) is 53.5 Å². The summed E-state index contributed by atoms with van der Waals surface area (Å²) in [4.78, 5) is 14.8. The number of hydrogen-bond acceptors (Lipinski definition) is 3. The van der Waals surface area contributed by atoms with Gasteiger partial charge in [-0.1, -0.05) is 40.2 Å². The highest BCUT2D eigenvalue weighted by atomic mass is 79.9. The molecule has 1 unspecified atom stereocenters. The number of carbonyl (C=O) groups excluding carboxylic acids is 1. The lowest BCUT2D eigenvalue weighted by Gasteiger charge is -2.25. The third-order valence-corrected chi connectivity index (χ3v) is 5.55. The van der Waals surface area contributed by atoms with Gasteiger partial charge in [0, 0.05) is 22.1 Å². The van der Waals surface area contributed by atoms with Gasteiger partial charge in [-0.2, -0.15) is 5.10 Å². The van der Waals surface area contributed by atoms with Gasteiger partial charge in [0.2, 0.25) is 0 Å². The maximum Gasteiger partial charge on any atom is 0.273 e. The molecule has 0 fully saturated rings. The van der Waals surface area contributed by atoms with Crippen molar-refractivity contribution in [3.63, 3.8) is 0 Å². The molecule has 2 N–H and O–H groups in total. The zero-order valence-corrected chi connectivity index (χ0v) is 17.2. The van der Waals surface area contributed by atoms with E-state index in [0.29, 0.717) is 23.5 Å². The molecule has 5 nitrogen and oxygen atoms in total. The average Bonchev–Trinajstić information content (AvgIpc) is 3.18. The molecule has 0 bridgehead atoms. The largest absolute Gasteiger partial charge is 0.507 e. The normalized spacial score (nSPS) is 15.8. The molecule has 0 radical (unpaired) electrons. The summed E-state index contributed by atoms with van der Waals surface area (Å²) in [6, 6.07) is 11.4. The lowest BCUT2D eigenvalue weighted by molar-refractivity contribution is 0.0764. The molecule has 0 saturated heterocycles. The molecule has 2 aromatic carbocycles. The van der Waals surface area contributed by atoms with Crippen molar-refractivity contribution in [1.29, 1.82) is 0 Å². The van der Waals surface area contributed by atoms with Crippen LogP contribution in [0.1, 0.15) is 38.8 Å². The van der Waals surface area contributed by atoms with Crippen molar-refractivity contribution in [2.75, 3.05) is 6.54 Å². The first-order valence-electron chi connectivity index (χ1n) is 8.98. The Balaban J connectivity index is 1.97. The van der Waals surface area contributed by atoms with Gasteiger partial charge in [-0.3, -0.25) is 9.89 Å². The van der Waals surface area contributed by atoms with Crippen molar-refractivity contribution in [2.45, 2.75) is 19.9 Å². The second kappa shape index (κ2) is 6.95. The van der Waals surface area contributed by atoms with Gasteiger partial charge in [0.05, 0.1) is 6.04 Å². The monoisotopic (exact) mass is 437 g/mol. The van der Waals surface area contributed by atoms with Crippen LogP contribution in [0.3, 0.4) is 0 Å². The fourth-order valence-electron chi connectivity index (χ4n) is 3.89. The number of aromatic hydroxyl groups is 1. The number of fused-ring (bicyclic) bond motifs is 1. The Labute approximate surface area is 171 Å². The zero-order valence-electron chi connectivity index (χ0n) is 15.7. The first-order chi connectivity index (χ1) is 13.4. The van der Waals surface area contributed by atoms with Crippen LogP contribution in [0.4, 0.5) is 0 Å². The van der Waals surface area contributed by atoms with E-state index < -0.39 is 0 Å². The van der Waals surface area contributed by atoms with Crippen LogP contribution in [0.25, 0.3) is 11.3 Å². The lowest BCUT2D eigenvalue weighted by atomic mass is 9.94. The summed E-state index contributed by atoms with van der Waals surface area (Å²) in [5.74, 6) is 0.0602. The lowest BCUT2D eigenvalue weighted by Crippen LogP contribution is -2.29. The molecule has 6 heteroatoms. The Morgan fingerprint density at radius 2 is 2.11 bits per heavy atom. The molecule has 1 amide bonds. The maximum absolute atomic E-state index is 13.1. The van der Waals surface area contributed by atoms with Crippen molar-refractivity contribution in [3.05, 3.63) is 81.5 Å². The van der Waals surface area contributed by atoms with Crippen LogP contribution in [0.5, 0.6) is 5.75 Å². The van der Waals surface area contributed by atoms with E-state index in [0.717, 1.165) is 26.7 Å². The molecule has 0 aliphatic carbocycles. The van der Waals surface area contributed by atoms with Crippen molar-refractivity contribution >= 4 is 21.8 Å². The molecule has 1 atom stereocenters. The van der Waals surface area contributed by atoms with Crippen LogP contribution >= 0.6 is 15.9 Å². The predicted octanol–water partition coefficient (Wildman–Crippen LogP) is 4.89.